The molecule has 0 fully saturated rings. The number of anilines is 1. The van der Waals surface area contributed by atoms with E-state index in [9.17, 15) is 14.0 Å². The van der Waals surface area contributed by atoms with Gasteiger partial charge in [0, 0.05) is 9.85 Å². The topological polar surface area (TPSA) is 85.1 Å². The summed E-state index contributed by atoms with van der Waals surface area (Å²) >= 11 is 4.31. The van der Waals surface area contributed by atoms with Crippen LogP contribution in [-0.4, -0.2) is 16.8 Å². The highest BCUT2D eigenvalue weighted by Gasteiger charge is 2.14. The molecule has 0 saturated carbocycles. The van der Waals surface area contributed by atoms with Gasteiger partial charge in [-0.05, 0) is 18.2 Å². The Morgan fingerprint density at radius 2 is 2.20 bits per heavy atom. The lowest BCUT2D eigenvalue weighted by Crippen LogP contribution is -2.15. The molecule has 0 atom stereocenters. The molecule has 0 unspecified atom stereocenters. The summed E-state index contributed by atoms with van der Waals surface area (Å²) < 4.78 is 14.1. The minimum absolute atomic E-state index is 0.00236. The molecule has 0 aliphatic heterocycles. The SMILES string of the molecule is NC(=O)Cc1csc(NC(=O)c2cc(Br)ccc2F)n1. The van der Waals surface area contributed by atoms with Crippen molar-refractivity contribution in [1.82, 2.24) is 4.98 Å². The molecular weight excluding hydrogens is 349 g/mol. The van der Waals surface area contributed by atoms with E-state index in [4.69, 9.17) is 5.73 Å². The molecule has 1 heterocycles. The highest BCUT2D eigenvalue weighted by molar-refractivity contribution is 9.10. The minimum Gasteiger partial charge on any atom is -0.369 e. The summed E-state index contributed by atoms with van der Waals surface area (Å²) in [5.74, 6) is -1.74. The van der Waals surface area contributed by atoms with Crippen molar-refractivity contribution in [2.45, 2.75) is 6.42 Å². The Morgan fingerprint density at radius 1 is 1.45 bits per heavy atom. The van der Waals surface area contributed by atoms with Gasteiger partial charge in [0.25, 0.3) is 5.91 Å². The van der Waals surface area contributed by atoms with Crippen LogP contribution in [0.4, 0.5) is 9.52 Å². The van der Waals surface area contributed by atoms with E-state index in [1.54, 1.807) is 5.38 Å². The Labute approximate surface area is 126 Å². The summed E-state index contributed by atoms with van der Waals surface area (Å²) in [5, 5.41) is 4.37. The Kier molecular flexibility index (Phi) is 4.46. The van der Waals surface area contributed by atoms with E-state index < -0.39 is 17.6 Å². The molecule has 5 nitrogen and oxygen atoms in total. The second kappa shape index (κ2) is 6.10. The lowest BCUT2D eigenvalue weighted by atomic mass is 10.2. The van der Waals surface area contributed by atoms with Gasteiger partial charge in [0.1, 0.15) is 5.82 Å². The number of benzene rings is 1. The van der Waals surface area contributed by atoms with Gasteiger partial charge in [0.2, 0.25) is 5.91 Å². The van der Waals surface area contributed by atoms with E-state index in [1.165, 1.54) is 18.2 Å². The number of primary amides is 1. The van der Waals surface area contributed by atoms with Gasteiger partial charge in [-0.2, -0.15) is 0 Å². The highest BCUT2D eigenvalue weighted by atomic mass is 79.9. The molecule has 8 heteroatoms. The zero-order valence-corrected chi connectivity index (χ0v) is 12.4. The van der Waals surface area contributed by atoms with Crippen LogP contribution in [0.3, 0.4) is 0 Å². The molecule has 0 saturated heterocycles. The maximum atomic E-state index is 13.5. The van der Waals surface area contributed by atoms with Crippen molar-refractivity contribution < 1.29 is 14.0 Å². The lowest BCUT2D eigenvalue weighted by molar-refractivity contribution is -0.117. The monoisotopic (exact) mass is 357 g/mol. The van der Waals surface area contributed by atoms with Crippen molar-refractivity contribution in [3.8, 4) is 0 Å². The van der Waals surface area contributed by atoms with Crippen LogP contribution in [0.5, 0.6) is 0 Å². The summed E-state index contributed by atoms with van der Waals surface area (Å²) in [6, 6.07) is 4.07. The molecule has 104 valence electrons. The van der Waals surface area contributed by atoms with Crippen molar-refractivity contribution in [2.75, 3.05) is 5.32 Å². The molecule has 1 aromatic heterocycles. The number of halogens is 2. The Morgan fingerprint density at radius 3 is 2.90 bits per heavy atom. The molecule has 0 bridgehead atoms. The summed E-state index contributed by atoms with van der Waals surface area (Å²) in [4.78, 5) is 26.7. The number of nitrogens with one attached hydrogen (secondary N) is 1. The normalized spacial score (nSPS) is 10.3. The largest absolute Gasteiger partial charge is 0.369 e. The van der Waals surface area contributed by atoms with Crippen LogP contribution < -0.4 is 11.1 Å². The highest BCUT2D eigenvalue weighted by Crippen LogP contribution is 2.19. The fourth-order valence-electron chi connectivity index (χ4n) is 1.46. The van der Waals surface area contributed by atoms with Crippen molar-refractivity contribution in [3.05, 3.63) is 45.1 Å². The van der Waals surface area contributed by atoms with Crippen LogP contribution in [0.2, 0.25) is 0 Å². The third-order valence-corrected chi connectivity index (χ3v) is 3.60. The third-order valence-electron chi connectivity index (χ3n) is 2.30. The maximum Gasteiger partial charge on any atom is 0.260 e. The predicted molar refractivity (Wildman–Crippen MR) is 77.1 cm³/mol. The number of carbonyl (C=O) groups is 2. The van der Waals surface area contributed by atoms with E-state index in [-0.39, 0.29) is 17.1 Å². The fourth-order valence-corrected chi connectivity index (χ4v) is 2.53. The average Bonchev–Trinajstić information content (AvgIpc) is 2.78. The summed E-state index contributed by atoms with van der Waals surface area (Å²) in [6.45, 7) is 0. The molecule has 2 rings (SSSR count). The minimum atomic E-state index is -0.625. The van der Waals surface area contributed by atoms with Crippen molar-refractivity contribution in [2.24, 2.45) is 5.73 Å². The fraction of sp³-hybridized carbons (Fsp3) is 0.0833. The number of rotatable bonds is 4. The average molecular weight is 358 g/mol. The number of aromatic nitrogens is 1. The van der Waals surface area contributed by atoms with Crippen molar-refractivity contribution in [1.29, 1.82) is 0 Å². The van der Waals surface area contributed by atoms with E-state index in [0.717, 1.165) is 11.3 Å². The number of hydrogen-bond donors (Lipinski definition) is 2. The Hall–Kier alpha value is -1.80. The Balaban J connectivity index is 2.13. The third kappa shape index (κ3) is 3.61. The summed E-state index contributed by atoms with van der Waals surface area (Å²) in [6.07, 6.45) is -0.00236. The Bertz CT molecular complexity index is 674. The zero-order valence-electron chi connectivity index (χ0n) is 10.0. The van der Waals surface area contributed by atoms with Crippen LogP contribution in [-0.2, 0) is 11.2 Å². The maximum absolute atomic E-state index is 13.5. The molecule has 0 aliphatic rings. The van der Waals surface area contributed by atoms with Crippen LogP contribution in [0.1, 0.15) is 16.1 Å². The van der Waals surface area contributed by atoms with Gasteiger partial charge in [0.05, 0.1) is 17.7 Å². The van der Waals surface area contributed by atoms with Gasteiger partial charge >= 0.3 is 0 Å². The van der Waals surface area contributed by atoms with E-state index in [2.05, 4.69) is 26.2 Å². The molecule has 2 aromatic rings. The van der Waals surface area contributed by atoms with Gasteiger partial charge in [-0.15, -0.1) is 11.3 Å². The van der Waals surface area contributed by atoms with Crippen LogP contribution >= 0.6 is 27.3 Å². The van der Waals surface area contributed by atoms with Crippen LogP contribution in [0.15, 0.2) is 28.1 Å². The molecule has 3 N–H and O–H groups in total. The number of nitrogens with two attached hydrogens (primary N) is 1. The number of thiazole rings is 1. The van der Waals surface area contributed by atoms with Crippen molar-refractivity contribution in [3.63, 3.8) is 0 Å². The molecule has 1 aromatic carbocycles. The van der Waals surface area contributed by atoms with Crippen LogP contribution in [0.25, 0.3) is 0 Å². The first-order chi connectivity index (χ1) is 9.45. The molecule has 0 radical (unpaired) electrons. The number of carbonyl (C=O) groups excluding carboxylic acids is 2. The van der Waals surface area contributed by atoms with Crippen LogP contribution in [0, 0.1) is 5.82 Å². The summed E-state index contributed by atoms with van der Waals surface area (Å²) in [5.41, 5.74) is 5.42. The van der Waals surface area contributed by atoms with E-state index >= 15 is 0 Å². The molecular formula is C12H9BrFN3O2S. The lowest BCUT2D eigenvalue weighted by Gasteiger charge is -2.03. The standard InChI is InChI=1S/C12H9BrFN3O2S/c13-6-1-2-9(14)8(3-6)11(19)17-12-16-7(5-20-12)4-10(15)18/h1-3,5H,4H2,(H2,15,18)(H,16,17,19). The number of hydrogen-bond acceptors (Lipinski definition) is 4. The first-order valence-corrected chi connectivity index (χ1v) is 7.12. The van der Waals surface area contributed by atoms with Gasteiger partial charge < -0.3 is 5.73 Å². The second-order valence-electron chi connectivity index (χ2n) is 3.87. The second-order valence-corrected chi connectivity index (χ2v) is 5.64. The van der Waals surface area contributed by atoms with E-state index in [1.807, 2.05) is 0 Å². The predicted octanol–water partition coefficient (Wildman–Crippen LogP) is 2.32. The van der Waals surface area contributed by atoms with Crippen molar-refractivity contribution >= 4 is 44.2 Å². The quantitative estimate of drug-likeness (QED) is 0.880. The molecule has 2 amide bonds. The first-order valence-electron chi connectivity index (χ1n) is 5.45. The molecule has 0 aliphatic carbocycles. The van der Waals surface area contributed by atoms with Gasteiger partial charge in [-0.25, -0.2) is 9.37 Å². The summed E-state index contributed by atoms with van der Waals surface area (Å²) in [7, 11) is 0. The number of nitrogens with zero attached hydrogens (tertiary/aromatic N) is 1. The zero-order chi connectivity index (χ0) is 14.7. The molecule has 20 heavy (non-hydrogen) atoms. The first kappa shape index (κ1) is 14.6. The van der Waals surface area contributed by atoms with Gasteiger partial charge in [0.15, 0.2) is 5.13 Å². The van der Waals surface area contributed by atoms with E-state index in [0.29, 0.717) is 10.2 Å². The number of amides is 2. The smallest absolute Gasteiger partial charge is 0.260 e. The van der Waals surface area contributed by atoms with Gasteiger partial charge in [-0.1, -0.05) is 15.9 Å². The van der Waals surface area contributed by atoms with Gasteiger partial charge in [-0.3, -0.25) is 14.9 Å². The molecule has 0 spiro atoms.